The molecule has 0 aromatic heterocycles. The number of aliphatic carboxylic acids is 1. The zero-order valence-corrected chi connectivity index (χ0v) is 5.13. The zero-order valence-electron chi connectivity index (χ0n) is 5.13. The molecule has 0 heterocycles. The van der Waals surface area contributed by atoms with Gasteiger partial charge in [-0.05, 0) is 0 Å². The van der Waals surface area contributed by atoms with E-state index in [0.717, 1.165) is 0 Å². The third-order valence-electron chi connectivity index (χ3n) is 0.863. The fourth-order valence-corrected chi connectivity index (χ4v) is 0.378. The van der Waals surface area contributed by atoms with Gasteiger partial charge in [0, 0.05) is 13.5 Å². The maximum atomic E-state index is 10.1. The van der Waals surface area contributed by atoms with Crippen molar-refractivity contribution < 1.29 is 14.6 Å². The Kier molecular flexibility index (Phi) is 3.49. The van der Waals surface area contributed by atoms with Crippen LogP contribution in [0.2, 0.25) is 0 Å². The number of hydrogen-bond acceptors (Lipinski definition) is 2. The molecule has 0 aliphatic carbocycles. The van der Waals surface area contributed by atoms with Gasteiger partial charge in [0.05, 0.1) is 0 Å². The Balaban J connectivity index is 3.71. The minimum atomic E-state index is -1.02. The number of hydrogen-bond donors (Lipinski definition) is 1. The van der Waals surface area contributed by atoms with Crippen molar-refractivity contribution in [2.75, 3.05) is 7.11 Å². The maximum Gasteiger partial charge on any atom is 0.333 e. The largest absolute Gasteiger partial charge is 0.479 e. The van der Waals surface area contributed by atoms with E-state index in [1.165, 1.54) is 7.11 Å². The molecule has 0 spiro atoms. The number of methoxy groups -OCH3 is 1. The summed E-state index contributed by atoms with van der Waals surface area (Å²) in [6.07, 6.45) is 4.11. The average molecular weight is 128 g/mol. The second-order valence-corrected chi connectivity index (χ2v) is 1.47. The first-order chi connectivity index (χ1) is 4.22. The van der Waals surface area contributed by atoms with Gasteiger partial charge in [-0.25, -0.2) is 4.79 Å². The Hall–Kier alpha value is -1.01. The van der Waals surface area contributed by atoms with Crippen molar-refractivity contribution in [2.24, 2.45) is 0 Å². The van der Waals surface area contributed by atoms with Gasteiger partial charge in [0.2, 0.25) is 0 Å². The number of carboxylic acid groups (broad SMARTS) is 1. The molecule has 0 bridgehead atoms. The molecule has 0 saturated heterocycles. The Morgan fingerprint density at radius 2 is 2.56 bits per heavy atom. The highest BCUT2D eigenvalue weighted by Gasteiger charge is 2.13. The van der Waals surface area contributed by atoms with E-state index in [2.05, 4.69) is 10.7 Å². The highest BCUT2D eigenvalue weighted by molar-refractivity contribution is 5.72. The Morgan fingerprint density at radius 3 is 2.67 bits per heavy atom. The quantitative estimate of drug-likeness (QED) is 0.549. The lowest BCUT2D eigenvalue weighted by Crippen LogP contribution is -2.21. The molecule has 0 aliphatic rings. The minimum Gasteiger partial charge on any atom is -0.479 e. The summed E-state index contributed by atoms with van der Waals surface area (Å²) in [5.74, 6) is 1.18. The van der Waals surface area contributed by atoms with Crippen LogP contribution in [0.15, 0.2) is 0 Å². The summed E-state index contributed by atoms with van der Waals surface area (Å²) in [7, 11) is 1.32. The maximum absolute atomic E-state index is 10.1. The Morgan fingerprint density at radius 1 is 2.00 bits per heavy atom. The first kappa shape index (κ1) is 7.99. The van der Waals surface area contributed by atoms with Gasteiger partial charge in [-0.1, -0.05) is 0 Å². The van der Waals surface area contributed by atoms with Crippen molar-refractivity contribution in [3.05, 3.63) is 0 Å². The molecule has 9 heavy (non-hydrogen) atoms. The summed E-state index contributed by atoms with van der Waals surface area (Å²) in [4.78, 5) is 10.1. The molecule has 0 rings (SSSR count). The van der Waals surface area contributed by atoms with Crippen LogP contribution in [-0.4, -0.2) is 24.3 Å². The van der Waals surface area contributed by atoms with Gasteiger partial charge in [-0.3, -0.25) is 0 Å². The lowest BCUT2D eigenvalue weighted by atomic mass is 10.3. The number of terminal acetylenes is 1. The molecule has 3 heteroatoms. The van der Waals surface area contributed by atoms with Gasteiger partial charge >= 0.3 is 5.97 Å². The zero-order chi connectivity index (χ0) is 7.28. The monoisotopic (exact) mass is 128 g/mol. The van der Waals surface area contributed by atoms with E-state index in [-0.39, 0.29) is 6.42 Å². The summed E-state index contributed by atoms with van der Waals surface area (Å²) < 4.78 is 4.51. The summed E-state index contributed by atoms with van der Waals surface area (Å²) in [5.41, 5.74) is 0. The molecule has 0 radical (unpaired) electrons. The van der Waals surface area contributed by atoms with Crippen LogP contribution in [-0.2, 0) is 9.53 Å². The summed E-state index contributed by atoms with van der Waals surface area (Å²) >= 11 is 0. The van der Waals surface area contributed by atoms with Crippen molar-refractivity contribution in [1.29, 1.82) is 0 Å². The molecule has 0 fully saturated rings. The molecule has 1 N–H and O–H groups in total. The van der Waals surface area contributed by atoms with Crippen LogP contribution in [0.5, 0.6) is 0 Å². The van der Waals surface area contributed by atoms with Gasteiger partial charge in [-0.2, -0.15) is 0 Å². The van der Waals surface area contributed by atoms with Crippen LogP contribution >= 0.6 is 0 Å². The molecule has 0 saturated carbocycles. The average Bonchev–Trinajstić information content (AvgIpc) is 1.82. The van der Waals surface area contributed by atoms with E-state index in [4.69, 9.17) is 11.5 Å². The van der Waals surface area contributed by atoms with E-state index < -0.39 is 12.1 Å². The SMILES string of the molecule is C#CCC(OC)C(=O)O. The van der Waals surface area contributed by atoms with Gasteiger partial charge in [0.25, 0.3) is 0 Å². The van der Waals surface area contributed by atoms with Crippen molar-refractivity contribution in [3.8, 4) is 12.3 Å². The Bertz CT molecular complexity index is 134. The molecule has 1 unspecified atom stereocenters. The second kappa shape index (κ2) is 3.93. The predicted octanol–water partition coefficient (Wildman–Crippen LogP) is 0.109. The fourth-order valence-electron chi connectivity index (χ4n) is 0.378. The molecule has 0 amide bonds. The van der Waals surface area contributed by atoms with Crippen molar-refractivity contribution in [2.45, 2.75) is 12.5 Å². The van der Waals surface area contributed by atoms with Crippen LogP contribution in [0.3, 0.4) is 0 Å². The van der Waals surface area contributed by atoms with Crippen LogP contribution in [0.4, 0.5) is 0 Å². The molecule has 0 aliphatic heterocycles. The first-order valence-electron chi connectivity index (χ1n) is 2.41. The smallest absolute Gasteiger partial charge is 0.333 e. The molecule has 1 atom stereocenters. The van der Waals surface area contributed by atoms with E-state index in [1.54, 1.807) is 0 Å². The Labute approximate surface area is 53.6 Å². The summed E-state index contributed by atoms with van der Waals surface area (Å²) in [5, 5.41) is 8.28. The lowest BCUT2D eigenvalue weighted by Gasteiger charge is -2.03. The van der Waals surface area contributed by atoms with E-state index in [9.17, 15) is 4.79 Å². The third kappa shape index (κ3) is 2.73. The topological polar surface area (TPSA) is 46.5 Å². The van der Waals surface area contributed by atoms with Crippen LogP contribution < -0.4 is 0 Å². The second-order valence-electron chi connectivity index (χ2n) is 1.47. The molecule has 50 valence electrons. The highest BCUT2D eigenvalue weighted by Crippen LogP contribution is 1.93. The van der Waals surface area contributed by atoms with Gasteiger partial charge in [-0.15, -0.1) is 12.3 Å². The minimum absolute atomic E-state index is 0.117. The van der Waals surface area contributed by atoms with Gasteiger partial charge in [0.15, 0.2) is 6.10 Å². The molecular formula is C6H8O3. The number of rotatable bonds is 3. The van der Waals surface area contributed by atoms with E-state index in [0.29, 0.717) is 0 Å². The standard InChI is InChI=1S/C6H8O3/c1-3-4-5(9-2)6(7)8/h1,5H,4H2,2H3,(H,7,8). The summed E-state index contributed by atoms with van der Waals surface area (Å²) in [6.45, 7) is 0. The van der Waals surface area contributed by atoms with Crippen molar-refractivity contribution >= 4 is 5.97 Å². The van der Waals surface area contributed by atoms with Gasteiger partial charge in [0.1, 0.15) is 0 Å². The highest BCUT2D eigenvalue weighted by atomic mass is 16.5. The van der Waals surface area contributed by atoms with Crippen molar-refractivity contribution in [1.82, 2.24) is 0 Å². The predicted molar refractivity (Wildman–Crippen MR) is 31.9 cm³/mol. The first-order valence-corrected chi connectivity index (χ1v) is 2.41. The molecule has 3 nitrogen and oxygen atoms in total. The molecule has 0 aromatic rings. The normalized spacial score (nSPS) is 12.0. The number of carboxylic acids is 1. The van der Waals surface area contributed by atoms with Crippen LogP contribution in [0.1, 0.15) is 6.42 Å². The van der Waals surface area contributed by atoms with Gasteiger partial charge < -0.3 is 9.84 Å². The third-order valence-corrected chi connectivity index (χ3v) is 0.863. The molecular weight excluding hydrogens is 120 g/mol. The molecule has 0 aromatic carbocycles. The summed E-state index contributed by atoms with van der Waals surface area (Å²) in [6, 6.07) is 0. The van der Waals surface area contributed by atoms with E-state index in [1.807, 2.05) is 0 Å². The lowest BCUT2D eigenvalue weighted by molar-refractivity contribution is -0.148. The van der Waals surface area contributed by atoms with E-state index >= 15 is 0 Å². The van der Waals surface area contributed by atoms with Crippen LogP contribution in [0, 0.1) is 12.3 Å². The number of carbonyl (C=O) groups is 1. The fraction of sp³-hybridized carbons (Fsp3) is 0.500. The van der Waals surface area contributed by atoms with Crippen LogP contribution in [0.25, 0.3) is 0 Å². The van der Waals surface area contributed by atoms with Crippen molar-refractivity contribution in [3.63, 3.8) is 0 Å². The number of ether oxygens (including phenoxy) is 1.